The molecule has 0 unspecified atom stereocenters. The Labute approximate surface area is 228 Å². The van der Waals surface area contributed by atoms with E-state index in [1.165, 1.54) is 36.8 Å². The smallest absolute Gasteiger partial charge is 0.259 e. The molecule has 9 nitrogen and oxygen atoms in total. The number of nitrogens with zero attached hydrogens (tertiary/aromatic N) is 4. The molecule has 194 valence electrons. The average molecular weight is 556 g/mol. The minimum atomic E-state index is -3.49. The number of pyridine rings is 2. The van der Waals surface area contributed by atoms with Crippen LogP contribution in [0, 0.1) is 18.3 Å². The van der Waals surface area contributed by atoms with E-state index in [1.807, 2.05) is 24.3 Å². The molecule has 0 aliphatic rings. The van der Waals surface area contributed by atoms with Gasteiger partial charge in [0.1, 0.15) is 16.1 Å². The van der Waals surface area contributed by atoms with Gasteiger partial charge < -0.3 is 4.74 Å². The molecule has 3 aromatic heterocycles. The number of aryl methyl sites for hydroxylation is 1. The van der Waals surface area contributed by atoms with Gasteiger partial charge in [0.05, 0.1) is 34.9 Å². The molecule has 0 atom stereocenters. The number of hydrogen-bond donors (Lipinski definition) is 1. The summed E-state index contributed by atoms with van der Waals surface area (Å²) in [5.74, 6) is -0.0442. The highest BCUT2D eigenvalue weighted by Crippen LogP contribution is 2.35. The number of nitriles is 1. The molecule has 0 saturated carbocycles. The van der Waals surface area contributed by atoms with Crippen LogP contribution in [0.4, 0.5) is 5.13 Å². The van der Waals surface area contributed by atoms with Crippen LogP contribution in [0.15, 0.2) is 71.8 Å². The topological polar surface area (TPSA) is 135 Å². The summed E-state index contributed by atoms with van der Waals surface area (Å²) in [7, 11) is -2.01. The fourth-order valence-electron chi connectivity index (χ4n) is 4.00. The summed E-state index contributed by atoms with van der Waals surface area (Å²) < 4.78 is 29.9. The Kier molecular flexibility index (Phi) is 6.82. The molecule has 0 saturated heterocycles. The molecule has 0 aliphatic heterocycles. The fourth-order valence-corrected chi connectivity index (χ4v) is 5.48. The van der Waals surface area contributed by atoms with Crippen LogP contribution in [-0.4, -0.2) is 42.6 Å². The van der Waals surface area contributed by atoms with Crippen LogP contribution in [0.25, 0.3) is 32.7 Å². The SMILES string of the molecule is COc1ccc(S(C)(=O)=O)cc1-c1cc(C)ncc1C(=O)Nc1nc2ccc(-c3ccc(C#N)cc3)nc2s1. The maximum atomic E-state index is 13.4. The predicted molar refractivity (Wildman–Crippen MR) is 150 cm³/mol. The van der Waals surface area contributed by atoms with Gasteiger partial charge in [-0.3, -0.25) is 15.1 Å². The number of sulfone groups is 1. The number of rotatable bonds is 6. The van der Waals surface area contributed by atoms with Crippen LogP contribution in [-0.2, 0) is 9.84 Å². The van der Waals surface area contributed by atoms with E-state index in [9.17, 15) is 13.2 Å². The number of hydrogen-bond acceptors (Lipinski definition) is 9. The monoisotopic (exact) mass is 555 g/mol. The number of ether oxygens (including phenoxy) is 1. The Bertz CT molecular complexity index is 1890. The fraction of sp³-hybridized carbons (Fsp3) is 0.107. The van der Waals surface area contributed by atoms with Crippen molar-refractivity contribution in [3.63, 3.8) is 0 Å². The summed E-state index contributed by atoms with van der Waals surface area (Å²) in [5.41, 5.74) is 4.57. The van der Waals surface area contributed by atoms with Crippen molar-refractivity contribution in [2.75, 3.05) is 18.7 Å². The summed E-state index contributed by atoms with van der Waals surface area (Å²) in [6, 6.07) is 19.1. The van der Waals surface area contributed by atoms with Gasteiger partial charge in [-0.1, -0.05) is 23.5 Å². The Balaban J connectivity index is 1.49. The highest BCUT2D eigenvalue weighted by Gasteiger charge is 2.21. The van der Waals surface area contributed by atoms with Gasteiger partial charge in [0, 0.05) is 34.8 Å². The Morgan fingerprint density at radius 3 is 2.49 bits per heavy atom. The van der Waals surface area contributed by atoms with E-state index >= 15 is 0 Å². The second kappa shape index (κ2) is 10.2. The van der Waals surface area contributed by atoms with Crippen LogP contribution in [0.3, 0.4) is 0 Å². The third-order valence-corrected chi connectivity index (χ3v) is 7.95. The van der Waals surface area contributed by atoms with E-state index < -0.39 is 15.7 Å². The average Bonchev–Trinajstić information content (AvgIpc) is 3.33. The zero-order chi connectivity index (χ0) is 27.7. The molecule has 11 heteroatoms. The Morgan fingerprint density at radius 2 is 1.79 bits per heavy atom. The molecule has 5 aromatic rings. The lowest BCUT2D eigenvalue weighted by atomic mass is 9.99. The first-order valence-corrected chi connectivity index (χ1v) is 14.3. The second-order valence-corrected chi connectivity index (χ2v) is 11.7. The van der Waals surface area contributed by atoms with Crippen molar-refractivity contribution in [2.24, 2.45) is 0 Å². The molecule has 0 radical (unpaired) electrons. The van der Waals surface area contributed by atoms with Crippen LogP contribution in [0.1, 0.15) is 21.6 Å². The molecule has 39 heavy (non-hydrogen) atoms. The predicted octanol–water partition coefficient (Wildman–Crippen LogP) is 5.26. The first-order valence-electron chi connectivity index (χ1n) is 11.6. The number of anilines is 1. The molecule has 0 bridgehead atoms. The zero-order valence-electron chi connectivity index (χ0n) is 21.1. The molecule has 0 aliphatic carbocycles. The summed E-state index contributed by atoms with van der Waals surface area (Å²) >= 11 is 1.22. The molecule has 0 fully saturated rings. The maximum Gasteiger partial charge on any atom is 0.259 e. The van der Waals surface area contributed by atoms with E-state index in [4.69, 9.17) is 10.00 Å². The lowest BCUT2D eigenvalue weighted by molar-refractivity contribution is 0.102. The lowest BCUT2D eigenvalue weighted by Crippen LogP contribution is -2.14. The molecule has 0 spiro atoms. The number of fused-ring (bicyclic) bond motifs is 1. The van der Waals surface area contributed by atoms with Crippen molar-refractivity contribution in [3.05, 3.63) is 83.7 Å². The van der Waals surface area contributed by atoms with Crippen LogP contribution < -0.4 is 10.1 Å². The minimum absolute atomic E-state index is 0.106. The highest BCUT2D eigenvalue weighted by atomic mass is 32.2. The van der Waals surface area contributed by atoms with Gasteiger partial charge in [-0.05, 0) is 55.5 Å². The molecule has 1 N–H and O–H groups in total. The number of benzene rings is 2. The van der Waals surface area contributed by atoms with Crippen molar-refractivity contribution in [2.45, 2.75) is 11.8 Å². The number of carbonyl (C=O) groups is 1. The summed E-state index contributed by atoms with van der Waals surface area (Å²) in [5, 5.41) is 12.2. The number of carbonyl (C=O) groups excluding carboxylic acids is 1. The van der Waals surface area contributed by atoms with Crippen LogP contribution in [0.2, 0.25) is 0 Å². The number of thiazole rings is 1. The van der Waals surface area contributed by atoms with Crippen molar-refractivity contribution >= 4 is 42.6 Å². The Morgan fingerprint density at radius 1 is 1.03 bits per heavy atom. The van der Waals surface area contributed by atoms with Crippen molar-refractivity contribution in [1.82, 2.24) is 15.0 Å². The van der Waals surface area contributed by atoms with Crippen LogP contribution in [0.5, 0.6) is 5.75 Å². The minimum Gasteiger partial charge on any atom is -0.496 e. The second-order valence-electron chi connectivity index (χ2n) is 8.69. The van der Waals surface area contributed by atoms with E-state index in [-0.39, 0.29) is 10.5 Å². The molecular weight excluding hydrogens is 534 g/mol. The van der Waals surface area contributed by atoms with Gasteiger partial charge in [-0.2, -0.15) is 5.26 Å². The van der Waals surface area contributed by atoms with Gasteiger partial charge >= 0.3 is 0 Å². The molecule has 3 heterocycles. The van der Waals surface area contributed by atoms with Gasteiger partial charge in [0.15, 0.2) is 15.0 Å². The number of nitrogens with one attached hydrogen (secondary N) is 1. The highest BCUT2D eigenvalue weighted by molar-refractivity contribution is 7.90. The van der Waals surface area contributed by atoms with E-state index in [0.29, 0.717) is 43.6 Å². The molecular formula is C28H21N5O4S2. The van der Waals surface area contributed by atoms with Crippen molar-refractivity contribution in [3.8, 4) is 34.2 Å². The van der Waals surface area contributed by atoms with E-state index in [1.54, 1.807) is 31.2 Å². The van der Waals surface area contributed by atoms with Gasteiger partial charge in [0.25, 0.3) is 5.91 Å². The molecule has 1 amide bonds. The quantitative estimate of drug-likeness (QED) is 0.300. The van der Waals surface area contributed by atoms with Crippen molar-refractivity contribution < 1.29 is 17.9 Å². The van der Waals surface area contributed by atoms with E-state index in [0.717, 1.165) is 17.5 Å². The van der Waals surface area contributed by atoms with E-state index in [2.05, 4.69) is 26.3 Å². The third-order valence-electron chi connectivity index (χ3n) is 5.96. The molecule has 5 rings (SSSR count). The Hall–Kier alpha value is -4.66. The van der Waals surface area contributed by atoms with Gasteiger partial charge in [-0.15, -0.1) is 0 Å². The van der Waals surface area contributed by atoms with Gasteiger partial charge in [-0.25, -0.2) is 18.4 Å². The number of methoxy groups -OCH3 is 1. The molecule has 2 aromatic carbocycles. The normalized spacial score (nSPS) is 11.2. The lowest BCUT2D eigenvalue weighted by Gasteiger charge is -2.14. The summed E-state index contributed by atoms with van der Waals surface area (Å²) in [4.78, 5) is 27.6. The maximum absolute atomic E-state index is 13.4. The van der Waals surface area contributed by atoms with Crippen molar-refractivity contribution in [1.29, 1.82) is 5.26 Å². The number of amides is 1. The summed E-state index contributed by atoms with van der Waals surface area (Å²) in [6.45, 7) is 1.78. The first-order chi connectivity index (χ1) is 18.7. The number of aromatic nitrogens is 3. The third kappa shape index (κ3) is 5.34. The first kappa shape index (κ1) is 26.0. The van der Waals surface area contributed by atoms with Crippen LogP contribution >= 0.6 is 11.3 Å². The van der Waals surface area contributed by atoms with Gasteiger partial charge in [0.2, 0.25) is 0 Å². The summed E-state index contributed by atoms with van der Waals surface area (Å²) in [6.07, 6.45) is 2.57. The standard InChI is InChI=1S/C28H21N5O4S2/c1-16-12-20(21-13-19(39(3,35)36)8-11-25(21)37-2)22(15-30-16)26(34)33-28-32-24-10-9-23(31-27(24)38-28)18-6-4-17(14-29)5-7-18/h4-13,15H,1-3H3,(H,32,33,34). The zero-order valence-corrected chi connectivity index (χ0v) is 22.7. The largest absolute Gasteiger partial charge is 0.496 e.